The molecule has 1 N–H and O–H groups in total. The van der Waals surface area contributed by atoms with E-state index < -0.39 is 0 Å². The minimum Gasteiger partial charge on any atom is -0.382 e. The average molecular weight is 161 g/mol. The van der Waals surface area contributed by atoms with E-state index in [4.69, 9.17) is 9.47 Å². The standard InChI is InChI=1S/C6H13NO2.C2H6/c1-8-5-6-4-7-2-3-9-6;1-2/h6-7H,2-5H2,1H3;1-2H3. The zero-order valence-corrected chi connectivity index (χ0v) is 7.72. The number of hydrogen-bond acceptors (Lipinski definition) is 3. The summed E-state index contributed by atoms with van der Waals surface area (Å²) in [5.74, 6) is 0. The normalized spacial score (nSPS) is 23.7. The van der Waals surface area contributed by atoms with Crippen molar-refractivity contribution in [3.63, 3.8) is 0 Å². The molecule has 0 bridgehead atoms. The van der Waals surface area contributed by atoms with Crippen LogP contribution in [-0.4, -0.2) is 39.5 Å². The molecule has 0 spiro atoms. The van der Waals surface area contributed by atoms with E-state index in [1.54, 1.807) is 7.11 Å². The van der Waals surface area contributed by atoms with E-state index >= 15 is 0 Å². The molecule has 1 aliphatic rings. The van der Waals surface area contributed by atoms with E-state index in [1.165, 1.54) is 0 Å². The molecule has 0 aromatic carbocycles. The second-order valence-corrected chi connectivity index (χ2v) is 2.15. The highest BCUT2D eigenvalue weighted by molar-refractivity contribution is 4.65. The van der Waals surface area contributed by atoms with E-state index in [9.17, 15) is 0 Å². The Morgan fingerprint density at radius 1 is 1.55 bits per heavy atom. The summed E-state index contributed by atoms with van der Waals surface area (Å²) in [6.45, 7) is 7.41. The Kier molecular flexibility index (Phi) is 7.89. The van der Waals surface area contributed by atoms with Crippen LogP contribution < -0.4 is 5.32 Å². The Morgan fingerprint density at radius 2 is 2.27 bits per heavy atom. The summed E-state index contributed by atoms with van der Waals surface area (Å²) in [4.78, 5) is 0. The molecule has 0 aliphatic carbocycles. The fourth-order valence-corrected chi connectivity index (χ4v) is 0.913. The van der Waals surface area contributed by atoms with Crippen LogP contribution in [0.15, 0.2) is 0 Å². The smallest absolute Gasteiger partial charge is 0.0932 e. The Hall–Kier alpha value is -0.120. The molecule has 1 saturated heterocycles. The lowest BCUT2D eigenvalue weighted by Crippen LogP contribution is -2.40. The number of methoxy groups -OCH3 is 1. The first kappa shape index (κ1) is 10.9. The van der Waals surface area contributed by atoms with Gasteiger partial charge in [-0.1, -0.05) is 13.8 Å². The molecule has 1 heterocycles. The van der Waals surface area contributed by atoms with Crippen LogP contribution in [0.3, 0.4) is 0 Å². The molecule has 1 unspecified atom stereocenters. The van der Waals surface area contributed by atoms with E-state index in [0.717, 1.165) is 19.7 Å². The lowest BCUT2D eigenvalue weighted by molar-refractivity contribution is -0.0188. The summed E-state index contributed by atoms with van der Waals surface area (Å²) in [7, 11) is 1.69. The second kappa shape index (κ2) is 7.98. The van der Waals surface area contributed by atoms with Crippen LogP contribution >= 0.6 is 0 Å². The van der Waals surface area contributed by atoms with Crippen LogP contribution in [0.25, 0.3) is 0 Å². The van der Waals surface area contributed by atoms with Gasteiger partial charge in [-0.05, 0) is 0 Å². The van der Waals surface area contributed by atoms with Crippen molar-refractivity contribution < 1.29 is 9.47 Å². The molecule has 68 valence electrons. The average Bonchev–Trinajstić information content (AvgIpc) is 2.11. The van der Waals surface area contributed by atoms with Crippen LogP contribution in [-0.2, 0) is 9.47 Å². The third-order valence-corrected chi connectivity index (χ3v) is 1.36. The Bertz CT molecular complexity index is 69.7. The van der Waals surface area contributed by atoms with E-state index in [2.05, 4.69) is 5.32 Å². The predicted molar refractivity (Wildman–Crippen MR) is 45.8 cm³/mol. The van der Waals surface area contributed by atoms with Gasteiger partial charge >= 0.3 is 0 Å². The molecule has 0 aromatic rings. The molecular weight excluding hydrogens is 142 g/mol. The largest absolute Gasteiger partial charge is 0.382 e. The summed E-state index contributed by atoms with van der Waals surface area (Å²) in [5.41, 5.74) is 0. The first-order valence-corrected chi connectivity index (χ1v) is 4.24. The molecule has 0 aromatic heterocycles. The molecule has 1 fully saturated rings. The minimum absolute atomic E-state index is 0.267. The van der Waals surface area contributed by atoms with Crippen molar-refractivity contribution in [2.45, 2.75) is 20.0 Å². The number of hydrogen-bond donors (Lipinski definition) is 1. The molecule has 11 heavy (non-hydrogen) atoms. The number of ether oxygens (including phenoxy) is 2. The number of nitrogens with one attached hydrogen (secondary N) is 1. The third kappa shape index (κ3) is 5.18. The van der Waals surface area contributed by atoms with Crippen molar-refractivity contribution in [3.05, 3.63) is 0 Å². The van der Waals surface area contributed by atoms with Crippen molar-refractivity contribution in [1.82, 2.24) is 5.32 Å². The molecule has 1 rings (SSSR count). The lowest BCUT2D eigenvalue weighted by Gasteiger charge is -2.22. The van der Waals surface area contributed by atoms with Crippen molar-refractivity contribution in [2.24, 2.45) is 0 Å². The van der Waals surface area contributed by atoms with Gasteiger partial charge < -0.3 is 14.8 Å². The SMILES string of the molecule is CC.COCC1CNCCO1. The van der Waals surface area contributed by atoms with Crippen LogP contribution in [0.4, 0.5) is 0 Å². The molecule has 3 heteroatoms. The monoisotopic (exact) mass is 161 g/mol. The predicted octanol–water partition coefficient (Wildman–Crippen LogP) is 0.647. The molecule has 0 amide bonds. The summed E-state index contributed by atoms with van der Waals surface area (Å²) in [5, 5.41) is 3.21. The number of rotatable bonds is 2. The summed E-state index contributed by atoms with van der Waals surface area (Å²) in [6.07, 6.45) is 0.267. The third-order valence-electron chi connectivity index (χ3n) is 1.36. The van der Waals surface area contributed by atoms with Gasteiger partial charge in [-0.15, -0.1) is 0 Å². The maximum Gasteiger partial charge on any atom is 0.0932 e. The molecular formula is C8H19NO2. The summed E-state index contributed by atoms with van der Waals surface area (Å²) < 4.78 is 10.2. The summed E-state index contributed by atoms with van der Waals surface area (Å²) >= 11 is 0. The van der Waals surface area contributed by atoms with Crippen LogP contribution in [0.2, 0.25) is 0 Å². The quantitative estimate of drug-likeness (QED) is 0.645. The molecule has 0 saturated carbocycles. The molecule has 3 nitrogen and oxygen atoms in total. The van der Waals surface area contributed by atoms with E-state index in [0.29, 0.717) is 6.61 Å². The zero-order chi connectivity index (χ0) is 8.53. The highest BCUT2D eigenvalue weighted by atomic mass is 16.5. The van der Waals surface area contributed by atoms with Crippen molar-refractivity contribution in [2.75, 3.05) is 33.4 Å². The highest BCUT2D eigenvalue weighted by Crippen LogP contribution is 1.94. The van der Waals surface area contributed by atoms with Gasteiger partial charge in [0, 0.05) is 20.2 Å². The first-order chi connectivity index (χ1) is 5.43. The van der Waals surface area contributed by atoms with Gasteiger partial charge in [-0.25, -0.2) is 0 Å². The van der Waals surface area contributed by atoms with Gasteiger partial charge in [-0.3, -0.25) is 0 Å². The fraction of sp³-hybridized carbons (Fsp3) is 1.00. The van der Waals surface area contributed by atoms with Gasteiger partial charge in [0.25, 0.3) is 0 Å². The molecule has 1 aliphatic heterocycles. The van der Waals surface area contributed by atoms with Gasteiger partial charge in [0.2, 0.25) is 0 Å². The maximum atomic E-state index is 5.33. The molecule has 0 radical (unpaired) electrons. The Morgan fingerprint density at radius 3 is 2.73 bits per heavy atom. The fourth-order valence-electron chi connectivity index (χ4n) is 0.913. The highest BCUT2D eigenvalue weighted by Gasteiger charge is 2.11. The van der Waals surface area contributed by atoms with Crippen molar-refractivity contribution >= 4 is 0 Å². The lowest BCUT2D eigenvalue weighted by atomic mass is 10.3. The number of morpholine rings is 1. The van der Waals surface area contributed by atoms with Gasteiger partial charge in [0.05, 0.1) is 19.3 Å². The maximum absolute atomic E-state index is 5.33. The van der Waals surface area contributed by atoms with Crippen LogP contribution in [0.1, 0.15) is 13.8 Å². The minimum atomic E-state index is 0.267. The van der Waals surface area contributed by atoms with Crippen LogP contribution in [0.5, 0.6) is 0 Å². The van der Waals surface area contributed by atoms with E-state index in [1.807, 2.05) is 13.8 Å². The Labute approximate surface area is 69.1 Å². The second-order valence-electron chi connectivity index (χ2n) is 2.15. The zero-order valence-electron chi connectivity index (χ0n) is 7.72. The first-order valence-electron chi connectivity index (χ1n) is 4.24. The molecule has 1 atom stereocenters. The van der Waals surface area contributed by atoms with Crippen molar-refractivity contribution in [1.29, 1.82) is 0 Å². The van der Waals surface area contributed by atoms with Gasteiger partial charge in [-0.2, -0.15) is 0 Å². The van der Waals surface area contributed by atoms with Gasteiger partial charge in [0.1, 0.15) is 0 Å². The van der Waals surface area contributed by atoms with Crippen LogP contribution in [0, 0.1) is 0 Å². The van der Waals surface area contributed by atoms with E-state index in [-0.39, 0.29) is 6.10 Å². The topological polar surface area (TPSA) is 30.5 Å². The Balaban J connectivity index is 0.000000461. The van der Waals surface area contributed by atoms with Crippen molar-refractivity contribution in [3.8, 4) is 0 Å². The van der Waals surface area contributed by atoms with Gasteiger partial charge in [0.15, 0.2) is 0 Å². The summed E-state index contributed by atoms with van der Waals surface area (Å²) in [6, 6.07) is 0.